The molecule has 1 aromatic carbocycles. The number of ether oxygens (including phenoxy) is 1. The molecule has 2 heterocycles. The lowest BCUT2D eigenvalue weighted by atomic mass is 10.00. The zero-order valence-electron chi connectivity index (χ0n) is 15.7. The highest BCUT2D eigenvalue weighted by atomic mass is 32.2. The quantitative estimate of drug-likeness (QED) is 0.712. The molecule has 3 atom stereocenters. The minimum Gasteiger partial charge on any atom is -0.466 e. The lowest BCUT2D eigenvalue weighted by molar-refractivity contribution is -0.148. The highest BCUT2D eigenvalue weighted by Crippen LogP contribution is 2.29. The predicted octanol–water partition coefficient (Wildman–Crippen LogP) is 1.50. The molecule has 1 aromatic rings. The molecule has 2 aliphatic heterocycles. The highest BCUT2D eigenvalue weighted by Gasteiger charge is 2.49. The van der Waals surface area contributed by atoms with E-state index in [2.05, 4.69) is 10.9 Å². The molecule has 3 rings (SSSR count). The molecular weight excluding hydrogens is 366 g/mol. The molecule has 3 unspecified atom stereocenters. The van der Waals surface area contributed by atoms with Gasteiger partial charge in [0.2, 0.25) is 10.0 Å². The molecule has 1 saturated heterocycles. The smallest absolute Gasteiger partial charge is 0.313 e. The Kier molecular flexibility index (Phi) is 6.31. The fraction of sp³-hybridized carbons (Fsp3) is 0.526. The van der Waals surface area contributed by atoms with Gasteiger partial charge in [-0.05, 0) is 30.9 Å². The van der Waals surface area contributed by atoms with E-state index in [0.717, 1.165) is 11.1 Å². The molecule has 0 amide bonds. The summed E-state index contributed by atoms with van der Waals surface area (Å²) in [5.74, 6) is -1.24. The monoisotopic (exact) mass is 393 g/mol. The normalized spacial score (nSPS) is 26.6. The number of carbonyl (C=O) groups is 1. The van der Waals surface area contributed by atoms with Crippen LogP contribution in [0.4, 0.5) is 0 Å². The summed E-state index contributed by atoms with van der Waals surface area (Å²) in [6.07, 6.45) is 3.22. The van der Waals surface area contributed by atoms with Crippen molar-refractivity contribution in [2.24, 2.45) is 5.92 Å². The van der Waals surface area contributed by atoms with Crippen LogP contribution >= 0.6 is 0 Å². The number of nitrogens with one attached hydrogen (secondary N) is 2. The van der Waals surface area contributed by atoms with Crippen molar-refractivity contribution in [2.45, 2.75) is 38.1 Å². The molecular formula is C19H27N3O4S. The molecule has 0 aliphatic carbocycles. The second-order valence-corrected chi connectivity index (χ2v) is 8.80. The summed E-state index contributed by atoms with van der Waals surface area (Å²) in [6.45, 7) is 4.56. The summed E-state index contributed by atoms with van der Waals surface area (Å²) >= 11 is 0. The Morgan fingerprint density at radius 2 is 1.96 bits per heavy atom. The summed E-state index contributed by atoms with van der Waals surface area (Å²) in [6, 6.07) is 9.69. The van der Waals surface area contributed by atoms with Crippen molar-refractivity contribution in [3.63, 3.8) is 0 Å². The Morgan fingerprint density at radius 3 is 2.56 bits per heavy atom. The first-order valence-electron chi connectivity index (χ1n) is 9.40. The number of benzene rings is 1. The van der Waals surface area contributed by atoms with E-state index in [1.54, 1.807) is 6.92 Å². The van der Waals surface area contributed by atoms with Crippen LogP contribution in [0.5, 0.6) is 0 Å². The molecule has 0 radical (unpaired) electrons. The number of rotatable bonds is 6. The van der Waals surface area contributed by atoms with Crippen molar-refractivity contribution in [1.29, 1.82) is 0 Å². The minimum absolute atomic E-state index is 0.228. The lowest BCUT2D eigenvalue weighted by Crippen LogP contribution is -2.50. The number of sulfonamides is 1. The molecule has 2 aliphatic rings. The number of carbonyl (C=O) groups excluding carboxylic acids is 1. The molecule has 7 nitrogen and oxygen atoms in total. The van der Waals surface area contributed by atoms with Gasteiger partial charge in [0.15, 0.2) is 5.37 Å². The Bertz CT molecular complexity index is 794. The Morgan fingerprint density at radius 1 is 1.22 bits per heavy atom. The summed E-state index contributed by atoms with van der Waals surface area (Å²) in [5, 5.41) is -1.02. The Balaban J connectivity index is 1.78. The number of hydrogen-bond acceptors (Lipinski definition) is 6. The summed E-state index contributed by atoms with van der Waals surface area (Å²) < 4.78 is 33.0. The zero-order chi connectivity index (χ0) is 19.4. The van der Waals surface area contributed by atoms with Crippen LogP contribution in [-0.2, 0) is 19.6 Å². The largest absolute Gasteiger partial charge is 0.466 e. The van der Waals surface area contributed by atoms with Crippen molar-refractivity contribution in [2.75, 3.05) is 19.7 Å². The van der Waals surface area contributed by atoms with Gasteiger partial charge in [0.25, 0.3) is 0 Å². The van der Waals surface area contributed by atoms with Gasteiger partial charge in [0.05, 0.1) is 6.61 Å². The van der Waals surface area contributed by atoms with Gasteiger partial charge in [0.1, 0.15) is 5.92 Å². The second-order valence-electron chi connectivity index (χ2n) is 6.75. The number of hydrazine groups is 1. The van der Waals surface area contributed by atoms with Crippen molar-refractivity contribution in [3.05, 3.63) is 42.0 Å². The van der Waals surface area contributed by atoms with Gasteiger partial charge in [0, 0.05) is 19.1 Å². The maximum atomic E-state index is 13.2. The van der Waals surface area contributed by atoms with Crippen LogP contribution in [0.25, 0.3) is 5.57 Å². The second kappa shape index (κ2) is 8.52. The Labute approximate surface area is 160 Å². The summed E-state index contributed by atoms with van der Waals surface area (Å²) in [5.41, 5.74) is 8.04. The van der Waals surface area contributed by atoms with Crippen molar-refractivity contribution in [3.8, 4) is 0 Å². The molecule has 27 heavy (non-hydrogen) atoms. The molecule has 148 valence electrons. The van der Waals surface area contributed by atoms with Crippen LogP contribution in [0, 0.1) is 5.92 Å². The average Bonchev–Trinajstić information content (AvgIpc) is 3.14. The van der Waals surface area contributed by atoms with Crippen LogP contribution in [0.2, 0.25) is 0 Å². The van der Waals surface area contributed by atoms with Crippen LogP contribution in [0.15, 0.2) is 36.4 Å². The molecule has 1 fully saturated rings. The summed E-state index contributed by atoms with van der Waals surface area (Å²) in [7, 11) is -3.71. The molecule has 2 N–H and O–H groups in total. The van der Waals surface area contributed by atoms with Gasteiger partial charge >= 0.3 is 5.97 Å². The third-order valence-electron chi connectivity index (χ3n) is 5.17. The first-order valence-corrected chi connectivity index (χ1v) is 10.9. The van der Waals surface area contributed by atoms with E-state index in [-0.39, 0.29) is 12.6 Å². The molecule has 0 bridgehead atoms. The van der Waals surface area contributed by atoms with E-state index in [1.165, 1.54) is 4.31 Å². The lowest BCUT2D eigenvalue weighted by Gasteiger charge is -2.30. The number of hydrogen-bond donors (Lipinski definition) is 2. The van der Waals surface area contributed by atoms with Crippen molar-refractivity contribution >= 4 is 21.6 Å². The van der Waals surface area contributed by atoms with E-state index in [1.807, 2.05) is 43.3 Å². The van der Waals surface area contributed by atoms with Crippen LogP contribution in [0.1, 0.15) is 32.3 Å². The fourth-order valence-electron chi connectivity index (χ4n) is 3.68. The molecule has 8 heteroatoms. The van der Waals surface area contributed by atoms with Crippen LogP contribution < -0.4 is 10.9 Å². The van der Waals surface area contributed by atoms with E-state index in [4.69, 9.17) is 4.74 Å². The van der Waals surface area contributed by atoms with Crippen LogP contribution in [-0.4, -0.2) is 49.8 Å². The molecule has 0 saturated carbocycles. The SMILES string of the molecule is CCOC(=O)C1C(CC)NNC1S(=O)(=O)N1CC=C(c2ccccc2)CC1. The topological polar surface area (TPSA) is 87.7 Å². The highest BCUT2D eigenvalue weighted by molar-refractivity contribution is 7.89. The maximum absolute atomic E-state index is 13.2. The third kappa shape index (κ3) is 4.08. The van der Waals surface area contributed by atoms with E-state index in [0.29, 0.717) is 25.9 Å². The predicted molar refractivity (Wildman–Crippen MR) is 104 cm³/mol. The average molecular weight is 394 g/mol. The van der Waals surface area contributed by atoms with Gasteiger partial charge < -0.3 is 4.74 Å². The minimum atomic E-state index is -3.71. The zero-order valence-corrected chi connectivity index (χ0v) is 16.5. The van der Waals surface area contributed by atoms with Crippen molar-refractivity contribution in [1.82, 2.24) is 15.2 Å². The van der Waals surface area contributed by atoms with E-state index in [9.17, 15) is 13.2 Å². The fourth-order valence-corrected chi connectivity index (χ4v) is 5.52. The van der Waals surface area contributed by atoms with Gasteiger partial charge in [-0.3, -0.25) is 10.2 Å². The third-order valence-corrected chi connectivity index (χ3v) is 7.27. The maximum Gasteiger partial charge on any atom is 0.313 e. The van der Waals surface area contributed by atoms with Gasteiger partial charge in [-0.25, -0.2) is 13.8 Å². The summed E-state index contributed by atoms with van der Waals surface area (Å²) in [4.78, 5) is 12.4. The Hall–Kier alpha value is -1.74. The van der Waals surface area contributed by atoms with Crippen molar-refractivity contribution < 1.29 is 17.9 Å². The van der Waals surface area contributed by atoms with Gasteiger partial charge in [-0.15, -0.1) is 0 Å². The standard InChI is InChI=1S/C19H27N3O4S/c1-3-16-17(19(23)26-4-2)18(21-20-16)27(24,25)22-12-10-15(11-13-22)14-8-6-5-7-9-14/h5-10,16-18,20-21H,3-4,11-13H2,1-2H3. The van der Waals surface area contributed by atoms with Gasteiger partial charge in [-0.2, -0.15) is 4.31 Å². The number of nitrogens with zero attached hydrogens (tertiary/aromatic N) is 1. The first-order chi connectivity index (χ1) is 13.0. The van der Waals surface area contributed by atoms with Gasteiger partial charge in [-0.1, -0.05) is 43.3 Å². The molecule has 0 aromatic heterocycles. The number of esters is 1. The van der Waals surface area contributed by atoms with E-state index >= 15 is 0 Å². The van der Waals surface area contributed by atoms with Crippen LogP contribution in [0.3, 0.4) is 0 Å². The molecule has 0 spiro atoms. The van der Waals surface area contributed by atoms with E-state index < -0.39 is 27.3 Å². The first kappa shape index (κ1) is 20.0.